The van der Waals surface area contributed by atoms with Gasteiger partial charge in [-0.2, -0.15) is 9.97 Å². The second kappa shape index (κ2) is 11.7. The molecule has 0 amide bonds. The number of methoxy groups -OCH3 is 2. The first kappa shape index (κ1) is 30.9. The number of piperazine rings is 1. The summed E-state index contributed by atoms with van der Waals surface area (Å²) in [5, 5.41) is 14.7. The van der Waals surface area contributed by atoms with Crippen LogP contribution in [0, 0.1) is 11.6 Å². The van der Waals surface area contributed by atoms with Crippen LogP contribution in [0.3, 0.4) is 0 Å². The van der Waals surface area contributed by atoms with E-state index in [1.165, 1.54) is 12.1 Å². The van der Waals surface area contributed by atoms with Crippen molar-refractivity contribution in [2.75, 3.05) is 45.4 Å². The molecule has 2 aromatic carbocycles. The second-order valence-corrected chi connectivity index (χ2v) is 15.2. The van der Waals surface area contributed by atoms with Gasteiger partial charge in [0.25, 0.3) is 0 Å². The molecule has 11 heteroatoms. The fourth-order valence-electron chi connectivity index (χ4n) is 10.2. The Labute approximate surface area is 280 Å². The normalized spacial score (nSPS) is 29.2. The second-order valence-electron chi connectivity index (χ2n) is 15.2. The number of halogens is 2. The number of phenolic OH excluding ortho intramolecular Hbond substituents is 1. The summed E-state index contributed by atoms with van der Waals surface area (Å²) in [4.78, 5) is 14.1. The highest BCUT2D eigenvalue weighted by molar-refractivity contribution is 5.94. The van der Waals surface area contributed by atoms with Crippen molar-refractivity contribution in [3.05, 3.63) is 41.0 Å². The van der Waals surface area contributed by atoms with E-state index in [2.05, 4.69) is 20.1 Å². The van der Waals surface area contributed by atoms with Crippen molar-refractivity contribution in [1.82, 2.24) is 20.2 Å². The number of hydrogen-bond acceptors (Lipinski definition) is 9. The Balaban J connectivity index is 1.10. The maximum Gasteiger partial charge on any atom is 0.319 e. The maximum absolute atomic E-state index is 17.0. The van der Waals surface area contributed by atoms with Crippen molar-refractivity contribution in [3.8, 4) is 22.9 Å². The maximum atomic E-state index is 17.0. The third kappa shape index (κ3) is 4.90. The van der Waals surface area contributed by atoms with Gasteiger partial charge in [-0.15, -0.1) is 0 Å². The van der Waals surface area contributed by atoms with Crippen LogP contribution in [0.5, 0.6) is 11.8 Å². The molecule has 1 aromatic heterocycles. The van der Waals surface area contributed by atoms with Crippen molar-refractivity contribution in [3.63, 3.8) is 0 Å². The van der Waals surface area contributed by atoms with Crippen LogP contribution in [0.15, 0.2) is 18.2 Å². The molecule has 3 aromatic rings. The topological polar surface area (TPSA) is 92.2 Å². The van der Waals surface area contributed by atoms with Crippen LogP contribution >= 0.6 is 0 Å². The van der Waals surface area contributed by atoms with Crippen molar-refractivity contribution in [2.45, 2.75) is 106 Å². The number of nitrogens with zero attached hydrogens (tertiary/aromatic N) is 4. The van der Waals surface area contributed by atoms with Gasteiger partial charge in [-0.1, -0.05) is 6.42 Å². The molecule has 1 spiro atoms. The van der Waals surface area contributed by atoms with Crippen molar-refractivity contribution in [2.24, 2.45) is 0 Å². The smallest absolute Gasteiger partial charge is 0.319 e. The van der Waals surface area contributed by atoms with E-state index in [9.17, 15) is 5.11 Å². The van der Waals surface area contributed by atoms with Gasteiger partial charge in [0.2, 0.25) is 0 Å². The van der Waals surface area contributed by atoms with Crippen LogP contribution in [0.1, 0.15) is 68.9 Å². The monoisotopic (exact) mass is 661 g/mol. The van der Waals surface area contributed by atoms with Crippen LogP contribution in [-0.2, 0) is 21.3 Å². The van der Waals surface area contributed by atoms with Crippen LogP contribution in [0.2, 0.25) is 0 Å². The highest BCUT2D eigenvalue weighted by Gasteiger charge is 2.48. The molecule has 6 aliphatic rings. The molecule has 5 heterocycles. The van der Waals surface area contributed by atoms with Gasteiger partial charge in [0, 0.05) is 63.4 Å². The van der Waals surface area contributed by atoms with Gasteiger partial charge >= 0.3 is 6.01 Å². The molecule has 5 fully saturated rings. The molecule has 0 radical (unpaired) electrons. The Morgan fingerprint density at radius 3 is 2.56 bits per heavy atom. The fourth-order valence-corrected chi connectivity index (χ4v) is 10.2. The standard InChI is InChI=1S/C37H45F2N5O4/c1-46-25(18-44-23-6-7-29(44)30(13-23)47-2)19-48-36-41-34-27(35(42-36)43-16-21-4-5-22(17-43)40-21)15-28(38)31(33(34)39)26-14-24(45)12-20-8-11-37(32(20)26)9-3-10-37/h12,14-15,21-23,25,29-30,40,45H,3-11,13,16-19H2,1-2H3. The van der Waals surface area contributed by atoms with Gasteiger partial charge in [0.05, 0.1) is 11.7 Å². The number of aromatic nitrogens is 2. The molecule has 4 saturated heterocycles. The van der Waals surface area contributed by atoms with Crippen molar-refractivity contribution < 1.29 is 28.1 Å². The number of hydrogen-bond donors (Lipinski definition) is 2. The quantitative estimate of drug-likeness (QED) is 0.320. The Morgan fingerprint density at radius 2 is 1.85 bits per heavy atom. The molecule has 4 bridgehead atoms. The Hall–Kier alpha value is -3.12. The fraction of sp³-hybridized carbons (Fsp3) is 0.622. The molecule has 1 saturated carbocycles. The first-order chi connectivity index (χ1) is 23.3. The minimum atomic E-state index is -0.742. The van der Waals surface area contributed by atoms with Crippen LogP contribution in [0.4, 0.5) is 14.6 Å². The lowest BCUT2D eigenvalue weighted by atomic mass is 9.63. The van der Waals surface area contributed by atoms with Crippen LogP contribution in [-0.4, -0.2) is 96.8 Å². The van der Waals surface area contributed by atoms with Gasteiger partial charge in [-0.3, -0.25) is 4.90 Å². The molecular weight excluding hydrogens is 616 g/mol. The molecule has 4 aliphatic heterocycles. The van der Waals surface area contributed by atoms with E-state index in [0.29, 0.717) is 60.6 Å². The highest BCUT2D eigenvalue weighted by Crippen LogP contribution is 2.56. The zero-order chi connectivity index (χ0) is 32.7. The summed E-state index contributed by atoms with van der Waals surface area (Å²) in [5.41, 5.74) is 2.24. The first-order valence-corrected chi connectivity index (χ1v) is 17.9. The number of ether oxygens (including phenoxy) is 3. The van der Waals surface area contributed by atoms with E-state index >= 15 is 8.78 Å². The SMILES string of the molecule is COC(COc1nc(N2CC3CCC(C2)N3)c2cc(F)c(-c3cc(O)cc4c3C3(CCC3)CC4)c(F)c2n1)CN1C2CCC1C(OC)C2. The van der Waals surface area contributed by atoms with E-state index in [1.54, 1.807) is 20.3 Å². The van der Waals surface area contributed by atoms with E-state index < -0.39 is 11.6 Å². The number of fused-ring (bicyclic) bond motifs is 7. The van der Waals surface area contributed by atoms with Crippen LogP contribution < -0.4 is 15.0 Å². The summed E-state index contributed by atoms with van der Waals surface area (Å²) in [7, 11) is 3.47. The molecule has 256 valence electrons. The van der Waals surface area contributed by atoms with E-state index in [-0.39, 0.29) is 47.1 Å². The average Bonchev–Trinajstić information content (AvgIpc) is 3.83. The number of rotatable bonds is 9. The number of anilines is 1. The number of benzene rings is 2. The summed E-state index contributed by atoms with van der Waals surface area (Å²) in [5.74, 6) is -0.895. The predicted molar refractivity (Wildman–Crippen MR) is 178 cm³/mol. The number of aryl methyl sites for hydroxylation is 1. The molecule has 6 unspecified atom stereocenters. The molecule has 2 N–H and O–H groups in total. The van der Waals surface area contributed by atoms with E-state index in [1.807, 2.05) is 0 Å². The summed E-state index contributed by atoms with van der Waals surface area (Å²) in [6.07, 6.45) is 10.3. The summed E-state index contributed by atoms with van der Waals surface area (Å²) in [6, 6.07) is 6.20. The largest absolute Gasteiger partial charge is 0.508 e. The predicted octanol–water partition coefficient (Wildman–Crippen LogP) is 5.23. The van der Waals surface area contributed by atoms with Gasteiger partial charge in [-0.05, 0) is 98.1 Å². The lowest BCUT2D eigenvalue weighted by molar-refractivity contribution is 0.0127. The average molecular weight is 662 g/mol. The molecule has 2 aliphatic carbocycles. The Morgan fingerprint density at radius 1 is 1.04 bits per heavy atom. The summed E-state index contributed by atoms with van der Waals surface area (Å²) in [6.45, 7) is 2.27. The number of nitrogens with one attached hydrogen (secondary N) is 1. The Kier molecular flexibility index (Phi) is 7.56. The Bertz CT molecular complexity index is 1740. The van der Waals surface area contributed by atoms with Gasteiger partial charge < -0.3 is 29.5 Å². The lowest BCUT2D eigenvalue weighted by Crippen LogP contribution is -2.51. The van der Waals surface area contributed by atoms with Crippen LogP contribution in [0.25, 0.3) is 22.0 Å². The van der Waals surface area contributed by atoms with Crippen molar-refractivity contribution in [1.29, 1.82) is 0 Å². The minimum absolute atomic E-state index is 0.0246. The zero-order valence-electron chi connectivity index (χ0n) is 27.8. The molecule has 9 nitrogen and oxygen atoms in total. The van der Waals surface area contributed by atoms with Gasteiger partial charge in [-0.25, -0.2) is 8.78 Å². The molecule has 48 heavy (non-hydrogen) atoms. The lowest BCUT2D eigenvalue weighted by Gasteiger charge is -2.40. The minimum Gasteiger partial charge on any atom is -0.508 e. The highest BCUT2D eigenvalue weighted by atomic mass is 19.1. The molecular formula is C37H45F2N5O4. The van der Waals surface area contributed by atoms with Gasteiger partial charge in [0.15, 0.2) is 5.82 Å². The molecule has 9 rings (SSSR count). The number of aromatic hydroxyl groups is 1. The van der Waals surface area contributed by atoms with Crippen molar-refractivity contribution >= 4 is 16.7 Å². The summed E-state index contributed by atoms with van der Waals surface area (Å²) >= 11 is 0. The van der Waals surface area contributed by atoms with E-state index in [0.717, 1.165) is 75.3 Å². The third-order valence-electron chi connectivity index (χ3n) is 12.6. The zero-order valence-corrected chi connectivity index (χ0v) is 27.8. The summed E-state index contributed by atoms with van der Waals surface area (Å²) < 4.78 is 51.3. The molecule has 6 atom stereocenters. The first-order valence-electron chi connectivity index (χ1n) is 17.9. The third-order valence-corrected chi connectivity index (χ3v) is 12.6. The number of phenols is 1. The van der Waals surface area contributed by atoms with E-state index in [4.69, 9.17) is 19.2 Å². The van der Waals surface area contributed by atoms with Gasteiger partial charge in [0.1, 0.15) is 35.6 Å².